The van der Waals surface area contributed by atoms with Gasteiger partial charge in [0.05, 0.1) is 23.2 Å². The van der Waals surface area contributed by atoms with E-state index in [1.165, 1.54) is 11.8 Å². The molecule has 1 aliphatic heterocycles. The highest BCUT2D eigenvalue weighted by Gasteiger charge is 2.36. The molecular weight excluding hydrogens is 334 g/mol. The van der Waals surface area contributed by atoms with Gasteiger partial charge < -0.3 is 10.2 Å². The number of nitrogens with one attached hydrogen (secondary N) is 1. The molecule has 6 heteroatoms. The quantitative estimate of drug-likeness (QED) is 0.897. The van der Waals surface area contributed by atoms with Gasteiger partial charge in [0.1, 0.15) is 0 Å². The summed E-state index contributed by atoms with van der Waals surface area (Å²) in [7, 11) is 0. The van der Waals surface area contributed by atoms with Gasteiger partial charge in [0, 0.05) is 23.6 Å². The average molecular weight is 353 g/mol. The van der Waals surface area contributed by atoms with E-state index in [9.17, 15) is 9.59 Å². The molecule has 1 aromatic heterocycles. The van der Waals surface area contributed by atoms with Gasteiger partial charge in [0.2, 0.25) is 11.8 Å². The average Bonchev–Trinajstić information content (AvgIpc) is 3.46. The number of fused-ring (bicyclic) bond motifs is 1. The molecule has 1 aromatic carbocycles. The number of amides is 2. The van der Waals surface area contributed by atoms with E-state index in [0.29, 0.717) is 12.6 Å². The van der Waals surface area contributed by atoms with Crippen molar-refractivity contribution in [1.29, 1.82) is 0 Å². The molecule has 2 amide bonds. The third-order valence-corrected chi connectivity index (χ3v) is 5.71. The second kappa shape index (κ2) is 6.88. The van der Waals surface area contributed by atoms with Crippen LogP contribution in [0.2, 0.25) is 0 Å². The van der Waals surface area contributed by atoms with Crippen LogP contribution in [-0.2, 0) is 16.1 Å². The highest BCUT2D eigenvalue weighted by atomic mass is 32.2. The summed E-state index contributed by atoms with van der Waals surface area (Å²) in [6, 6.07) is 13.7. The number of rotatable bonds is 5. The van der Waals surface area contributed by atoms with Crippen LogP contribution in [0.5, 0.6) is 0 Å². The number of carbonyl (C=O) groups is 2. The predicted molar refractivity (Wildman–Crippen MR) is 97.1 cm³/mol. The van der Waals surface area contributed by atoms with Crippen molar-refractivity contribution in [2.45, 2.75) is 42.0 Å². The van der Waals surface area contributed by atoms with Crippen molar-refractivity contribution in [3.63, 3.8) is 0 Å². The molecule has 1 saturated carbocycles. The van der Waals surface area contributed by atoms with Gasteiger partial charge in [-0.3, -0.25) is 14.6 Å². The van der Waals surface area contributed by atoms with Crippen molar-refractivity contribution in [2.24, 2.45) is 0 Å². The van der Waals surface area contributed by atoms with E-state index in [1.807, 2.05) is 47.4 Å². The van der Waals surface area contributed by atoms with E-state index in [-0.39, 0.29) is 23.5 Å². The lowest BCUT2D eigenvalue weighted by atomic mass is 10.2. The number of benzene rings is 1. The van der Waals surface area contributed by atoms with E-state index >= 15 is 0 Å². The normalized spacial score (nSPS) is 19.0. The smallest absolute Gasteiger partial charge is 0.238 e. The second-order valence-corrected chi connectivity index (χ2v) is 7.61. The topological polar surface area (TPSA) is 62.3 Å². The summed E-state index contributed by atoms with van der Waals surface area (Å²) in [5.74, 6) is -0.0641. The van der Waals surface area contributed by atoms with E-state index in [4.69, 9.17) is 0 Å². The van der Waals surface area contributed by atoms with E-state index in [0.717, 1.165) is 29.1 Å². The summed E-state index contributed by atoms with van der Waals surface area (Å²) in [5.41, 5.74) is 1.71. The third-order valence-electron chi connectivity index (χ3n) is 4.43. The maximum atomic E-state index is 12.9. The van der Waals surface area contributed by atoms with E-state index in [1.54, 1.807) is 6.20 Å². The first-order valence-electron chi connectivity index (χ1n) is 8.46. The van der Waals surface area contributed by atoms with Gasteiger partial charge in [-0.2, -0.15) is 0 Å². The minimum Gasteiger partial charge on any atom is -0.334 e. The van der Waals surface area contributed by atoms with Gasteiger partial charge in [-0.05, 0) is 37.1 Å². The Kier molecular flexibility index (Phi) is 4.44. The lowest BCUT2D eigenvalue weighted by molar-refractivity contribution is -0.133. The molecule has 4 rings (SSSR count). The van der Waals surface area contributed by atoms with Gasteiger partial charge in [0.15, 0.2) is 0 Å². The number of anilines is 1. The molecule has 2 aromatic rings. The zero-order valence-corrected chi connectivity index (χ0v) is 14.5. The summed E-state index contributed by atoms with van der Waals surface area (Å²) < 4.78 is 0. The first-order chi connectivity index (χ1) is 12.2. The van der Waals surface area contributed by atoms with Crippen molar-refractivity contribution in [1.82, 2.24) is 9.88 Å². The minimum absolute atomic E-state index is 0.0279. The van der Waals surface area contributed by atoms with Crippen LogP contribution in [0, 0.1) is 0 Å². The summed E-state index contributed by atoms with van der Waals surface area (Å²) in [6.45, 7) is 0.514. The molecule has 5 nitrogen and oxygen atoms in total. The summed E-state index contributed by atoms with van der Waals surface area (Å²) >= 11 is 1.47. The van der Waals surface area contributed by atoms with Crippen molar-refractivity contribution < 1.29 is 9.59 Å². The highest BCUT2D eigenvalue weighted by Crippen LogP contribution is 2.37. The van der Waals surface area contributed by atoms with Gasteiger partial charge >= 0.3 is 0 Å². The Bertz CT molecular complexity index is 792. The molecule has 1 atom stereocenters. The Hall–Kier alpha value is -2.34. The molecule has 0 saturated heterocycles. The van der Waals surface area contributed by atoms with Gasteiger partial charge in [-0.25, -0.2) is 0 Å². The Balaban J connectivity index is 1.46. The number of carbonyl (C=O) groups excluding carboxylic acids is 2. The van der Waals surface area contributed by atoms with Crippen molar-refractivity contribution >= 4 is 29.3 Å². The number of hydrogen-bond donors (Lipinski definition) is 1. The number of hydrogen-bond acceptors (Lipinski definition) is 4. The van der Waals surface area contributed by atoms with Crippen LogP contribution in [0.4, 0.5) is 5.69 Å². The molecule has 1 fully saturated rings. The Morgan fingerprint density at radius 2 is 2.00 bits per heavy atom. The highest BCUT2D eigenvalue weighted by molar-refractivity contribution is 8.01. The Morgan fingerprint density at radius 3 is 2.76 bits per heavy atom. The van der Waals surface area contributed by atoms with Crippen LogP contribution in [0.1, 0.15) is 25.0 Å². The molecule has 0 bridgehead atoms. The van der Waals surface area contributed by atoms with Crippen LogP contribution in [0.3, 0.4) is 0 Å². The lowest BCUT2D eigenvalue weighted by Crippen LogP contribution is -2.38. The number of para-hydroxylation sites is 1. The number of nitrogens with zero attached hydrogens (tertiary/aromatic N) is 2. The van der Waals surface area contributed by atoms with Crippen LogP contribution in [0.25, 0.3) is 0 Å². The van der Waals surface area contributed by atoms with Crippen LogP contribution >= 0.6 is 11.8 Å². The third kappa shape index (κ3) is 3.69. The van der Waals surface area contributed by atoms with Crippen molar-refractivity contribution in [3.8, 4) is 0 Å². The fraction of sp³-hybridized carbons (Fsp3) is 0.316. The number of aromatic nitrogens is 1. The maximum absolute atomic E-state index is 12.9. The van der Waals surface area contributed by atoms with Crippen molar-refractivity contribution in [3.05, 3.63) is 54.4 Å². The monoisotopic (exact) mass is 353 g/mol. The van der Waals surface area contributed by atoms with Crippen LogP contribution in [-0.4, -0.2) is 33.0 Å². The SMILES string of the molecule is O=C1Nc2ccccc2S[C@H]1CC(=O)N(Cc1ccccn1)C1CC1. The fourth-order valence-electron chi connectivity index (χ4n) is 2.98. The van der Waals surface area contributed by atoms with Gasteiger partial charge in [-0.1, -0.05) is 18.2 Å². The molecule has 0 spiro atoms. The zero-order chi connectivity index (χ0) is 17.2. The maximum Gasteiger partial charge on any atom is 0.238 e. The van der Waals surface area contributed by atoms with Crippen molar-refractivity contribution in [2.75, 3.05) is 5.32 Å². The number of thioether (sulfide) groups is 1. The molecule has 1 aliphatic carbocycles. The van der Waals surface area contributed by atoms with E-state index < -0.39 is 0 Å². The second-order valence-electron chi connectivity index (χ2n) is 6.37. The first-order valence-corrected chi connectivity index (χ1v) is 9.34. The summed E-state index contributed by atoms with van der Waals surface area (Å²) in [5, 5.41) is 2.52. The first kappa shape index (κ1) is 16.1. The molecule has 25 heavy (non-hydrogen) atoms. The molecular formula is C19H19N3O2S. The predicted octanol–water partition coefficient (Wildman–Crippen LogP) is 3.08. The molecule has 2 heterocycles. The summed E-state index contributed by atoms with van der Waals surface area (Å²) in [4.78, 5) is 32.4. The Labute approximate surface area is 150 Å². The Morgan fingerprint density at radius 1 is 1.20 bits per heavy atom. The fourth-order valence-corrected chi connectivity index (χ4v) is 4.08. The molecule has 0 radical (unpaired) electrons. The summed E-state index contributed by atoms with van der Waals surface area (Å²) in [6.07, 6.45) is 4.03. The van der Waals surface area contributed by atoms with Gasteiger partial charge in [0.25, 0.3) is 0 Å². The molecule has 0 unspecified atom stereocenters. The zero-order valence-electron chi connectivity index (χ0n) is 13.7. The van der Waals surface area contributed by atoms with Crippen LogP contribution < -0.4 is 5.32 Å². The van der Waals surface area contributed by atoms with Gasteiger partial charge in [-0.15, -0.1) is 11.8 Å². The molecule has 128 valence electrons. The van der Waals surface area contributed by atoms with Crippen LogP contribution in [0.15, 0.2) is 53.6 Å². The molecule has 2 aliphatic rings. The van der Waals surface area contributed by atoms with E-state index in [2.05, 4.69) is 10.3 Å². The molecule has 1 N–H and O–H groups in total. The number of pyridine rings is 1. The minimum atomic E-state index is -0.382. The standard InChI is InChI=1S/C19H19N3O2S/c23-18(22(14-8-9-14)12-13-5-3-4-10-20-13)11-17-19(24)21-15-6-1-2-7-16(15)25-17/h1-7,10,14,17H,8-9,11-12H2,(H,21,24)/t17-/m0/s1. The largest absolute Gasteiger partial charge is 0.334 e. The lowest BCUT2D eigenvalue weighted by Gasteiger charge is -2.27.